The van der Waals surface area contributed by atoms with Gasteiger partial charge in [-0.15, -0.1) is 11.3 Å². The van der Waals surface area contributed by atoms with Crippen LogP contribution in [-0.2, 0) is 13.0 Å². The number of nitrogens with one attached hydrogen (secondary N) is 5. The highest BCUT2D eigenvalue weighted by molar-refractivity contribution is 7.10. The van der Waals surface area contributed by atoms with Crippen LogP contribution in [0.2, 0.25) is 10.0 Å². The molecular weight excluding hydrogens is 570 g/mol. The van der Waals surface area contributed by atoms with Gasteiger partial charge in [0.1, 0.15) is 11.9 Å². The van der Waals surface area contributed by atoms with Crippen molar-refractivity contribution < 1.29 is 4.39 Å². The molecule has 12 heteroatoms. The first-order chi connectivity index (χ1) is 19.4. The van der Waals surface area contributed by atoms with Crippen molar-refractivity contribution >= 4 is 62.5 Å². The van der Waals surface area contributed by atoms with E-state index in [0.717, 1.165) is 37.4 Å². The second-order valence-electron chi connectivity index (χ2n) is 9.55. The van der Waals surface area contributed by atoms with Gasteiger partial charge in [0.25, 0.3) is 0 Å². The Morgan fingerprint density at radius 2 is 2.08 bits per heavy atom. The maximum Gasteiger partial charge on any atom is 0.141 e. The molecule has 0 amide bonds. The largest absolute Gasteiger partial charge is 0.373 e. The summed E-state index contributed by atoms with van der Waals surface area (Å²) in [5, 5.41) is 20.0. The number of likely N-dealkylation sites (N-methyl/N-ethyl adjacent to an activating group) is 1. The molecule has 0 spiro atoms. The Labute approximate surface area is 244 Å². The van der Waals surface area contributed by atoms with Gasteiger partial charge in [0.2, 0.25) is 0 Å². The Morgan fingerprint density at radius 3 is 2.83 bits per heavy atom. The number of aromatic nitrogens is 1. The van der Waals surface area contributed by atoms with Crippen molar-refractivity contribution in [2.24, 2.45) is 0 Å². The van der Waals surface area contributed by atoms with E-state index in [1.165, 1.54) is 34.3 Å². The summed E-state index contributed by atoms with van der Waals surface area (Å²) in [5.74, 6) is -0.523. The van der Waals surface area contributed by atoms with Crippen LogP contribution in [0.1, 0.15) is 34.5 Å². The van der Waals surface area contributed by atoms with Crippen LogP contribution in [0, 0.1) is 17.1 Å². The van der Waals surface area contributed by atoms with E-state index in [2.05, 4.69) is 55.3 Å². The molecule has 8 nitrogen and oxygen atoms in total. The van der Waals surface area contributed by atoms with E-state index in [9.17, 15) is 9.65 Å². The maximum atomic E-state index is 13.8. The topological polar surface area (TPSA) is 100 Å². The zero-order chi connectivity index (χ0) is 27.8. The molecule has 40 heavy (non-hydrogen) atoms. The summed E-state index contributed by atoms with van der Waals surface area (Å²) < 4.78 is 13.8. The van der Waals surface area contributed by atoms with Gasteiger partial charge in [-0.25, -0.2) is 4.39 Å². The Morgan fingerprint density at radius 1 is 1.23 bits per heavy atom. The van der Waals surface area contributed by atoms with Crippen molar-refractivity contribution in [3.63, 3.8) is 0 Å². The first kappa shape index (κ1) is 26.6. The number of benzene rings is 2. The van der Waals surface area contributed by atoms with Crippen LogP contribution >= 0.6 is 34.5 Å². The standard InChI is InChI=1S/C28H25Cl2FN8S/c1-2-39-6-5-18-20(14-40-25(18)13-39)28(24-12-34-38-37-24)36-17-7-19-26(35-16-3-4-23(31)21(29)8-16)15(10-32)11-33-27(19)22(30)9-17/h3-4,7-9,11-12,14,28,34,36-38H,2,5-6,13H2,1H3,(H,33,35)/t28-/m0/s1. The molecule has 0 aliphatic carbocycles. The minimum atomic E-state index is -0.523. The number of rotatable bonds is 7. The molecule has 4 aromatic rings. The molecule has 2 aromatic heterocycles. The van der Waals surface area contributed by atoms with Gasteiger partial charge in [-0.1, -0.05) is 30.1 Å². The highest BCUT2D eigenvalue weighted by Crippen LogP contribution is 2.39. The Balaban J connectivity index is 1.42. The number of anilines is 3. The smallest absolute Gasteiger partial charge is 0.141 e. The molecule has 5 N–H and O–H groups in total. The average Bonchev–Trinajstić information content (AvgIpc) is 3.64. The summed E-state index contributed by atoms with van der Waals surface area (Å²) in [6, 6.07) is 10.1. The number of pyridine rings is 1. The number of thiophene rings is 1. The van der Waals surface area contributed by atoms with Crippen LogP contribution in [-0.4, -0.2) is 23.0 Å². The fourth-order valence-electron chi connectivity index (χ4n) is 5.10. The number of hydrogen-bond acceptors (Lipinski definition) is 9. The number of halogens is 3. The first-order valence-electron chi connectivity index (χ1n) is 12.7. The van der Waals surface area contributed by atoms with E-state index in [1.807, 2.05) is 18.3 Å². The predicted molar refractivity (Wildman–Crippen MR) is 159 cm³/mol. The van der Waals surface area contributed by atoms with Crippen LogP contribution < -0.4 is 27.0 Å². The van der Waals surface area contributed by atoms with Crippen molar-refractivity contribution in [2.45, 2.75) is 25.9 Å². The normalized spacial score (nSPS) is 15.5. The average molecular weight is 596 g/mol. The van der Waals surface area contributed by atoms with Crippen LogP contribution in [0.3, 0.4) is 0 Å². The molecule has 4 heterocycles. The minimum absolute atomic E-state index is 0.0224. The summed E-state index contributed by atoms with van der Waals surface area (Å²) in [5.41, 5.74) is 15.3. The van der Waals surface area contributed by atoms with Crippen LogP contribution in [0.15, 0.2) is 53.8 Å². The fraction of sp³-hybridized carbons (Fsp3) is 0.214. The van der Waals surface area contributed by atoms with Gasteiger partial charge < -0.3 is 21.5 Å². The highest BCUT2D eigenvalue weighted by atomic mass is 35.5. The third kappa shape index (κ3) is 5.03. The van der Waals surface area contributed by atoms with Gasteiger partial charge in [0, 0.05) is 47.1 Å². The number of nitriles is 1. The lowest BCUT2D eigenvalue weighted by atomic mass is 9.96. The summed E-state index contributed by atoms with van der Waals surface area (Å²) >= 11 is 14.6. The Bertz CT molecular complexity index is 1680. The zero-order valence-corrected chi connectivity index (χ0v) is 23.7. The third-order valence-electron chi connectivity index (χ3n) is 7.18. The second-order valence-corrected chi connectivity index (χ2v) is 11.3. The van der Waals surface area contributed by atoms with Crippen molar-refractivity contribution in [1.29, 1.82) is 5.26 Å². The molecular formula is C28H25Cl2FN8S. The number of fused-ring (bicyclic) bond motifs is 2. The summed E-state index contributed by atoms with van der Waals surface area (Å²) in [4.78, 5) is 8.29. The van der Waals surface area contributed by atoms with E-state index in [4.69, 9.17) is 23.2 Å². The number of nitrogens with zero attached hydrogens (tertiary/aromatic N) is 3. The van der Waals surface area contributed by atoms with E-state index in [-0.39, 0.29) is 11.1 Å². The Hall–Kier alpha value is -3.59. The van der Waals surface area contributed by atoms with Crippen LogP contribution in [0.5, 0.6) is 0 Å². The minimum Gasteiger partial charge on any atom is -0.373 e. The molecule has 0 bridgehead atoms. The van der Waals surface area contributed by atoms with Gasteiger partial charge in [0.05, 0.1) is 38.6 Å². The van der Waals surface area contributed by atoms with E-state index >= 15 is 0 Å². The van der Waals surface area contributed by atoms with Crippen molar-refractivity contribution in [3.05, 3.63) is 91.2 Å². The van der Waals surface area contributed by atoms with Crippen molar-refractivity contribution in [3.8, 4) is 6.07 Å². The van der Waals surface area contributed by atoms with Crippen LogP contribution in [0.4, 0.5) is 21.5 Å². The summed E-state index contributed by atoms with van der Waals surface area (Å²) in [7, 11) is 0. The third-order valence-corrected chi connectivity index (χ3v) is 8.79. The zero-order valence-electron chi connectivity index (χ0n) is 21.4. The molecule has 0 saturated heterocycles. The molecule has 0 saturated carbocycles. The molecule has 204 valence electrons. The quantitative estimate of drug-likeness (QED) is 0.169. The van der Waals surface area contributed by atoms with Gasteiger partial charge in [0.15, 0.2) is 0 Å². The SMILES string of the molecule is CCN1CCc2c([C@H](Nc3cc(Cl)c4ncc(C#N)c(Nc5ccc(F)c(Cl)c5)c4c3)C3=CNNN3)csc2C1. The van der Waals surface area contributed by atoms with Crippen molar-refractivity contribution in [1.82, 2.24) is 26.3 Å². The fourth-order valence-corrected chi connectivity index (χ4v) is 6.72. The highest BCUT2D eigenvalue weighted by Gasteiger charge is 2.28. The van der Waals surface area contributed by atoms with E-state index in [0.29, 0.717) is 32.9 Å². The Kier molecular flexibility index (Phi) is 7.40. The van der Waals surface area contributed by atoms with E-state index in [1.54, 1.807) is 17.4 Å². The predicted octanol–water partition coefficient (Wildman–Crippen LogP) is 6.34. The molecule has 1 atom stereocenters. The lowest BCUT2D eigenvalue weighted by molar-refractivity contribution is 0.271. The molecule has 0 fully saturated rings. The molecule has 0 radical (unpaired) electrons. The monoisotopic (exact) mass is 594 g/mol. The first-order valence-corrected chi connectivity index (χ1v) is 14.4. The molecule has 6 rings (SSSR count). The summed E-state index contributed by atoms with van der Waals surface area (Å²) in [6.45, 7) is 5.21. The van der Waals surface area contributed by atoms with Gasteiger partial charge >= 0.3 is 0 Å². The molecule has 0 unspecified atom stereocenters. The molecule has 2 aliphatic heterocycles. The van der Waals surface area contributed by atoms with Gasteiger partial charge in [-0.05, 0) is 59.8 Å². The van der Waals surface area contributed by atoms with Crippen molar-refractivity contribution in [2.75, 3.05) is 23.7 Å². The second kappa shape index (κ2) is 11.1. The van der Waals surface area contributed by atoms with E-state index < -0.39 is 5.82 Å². The lowest BCUT2D eigenvalue weighted by Gasteiger charge is -2.28. The lowest BCUT2D eigenvalue weighted by Crippen LogP contribution is -2.34. The maximum absolute atomic E-state index is 13.8. The molecule has 2 aliphatic rings. The molecule has 2 aromatic carbocycles. The van der Waals surface area contributed by atoms with Crippen LogP contribution in [0.25, 0.3) is 10.9 Å². The number of hydrazine groups is 2. The summed E-state index contributed by atoms with van der Waals surface area (Å²) in [6.07, 6.45) is 4.35. The van der Waals surface area contributed by atoms with Gasteiger partial charge in [-0.2, -0.15) is 10.8 Å². The number of hydrogen-bond donors (Lipinski definition) is 5. The van der Waals surface area contributed by atoms with Gasteiger partial charge in [-0.3, -0.25) is 9.88 Å².